The molecule has 0 bridgehead atoms. The molecular weight excluding hydrogens is 512 g/mol. The van der Waals surface area contributed by atoms with Gasteiger partial charge in [-0.1, -0.05) is 44.2 Å². The molecule has 40 heavy (non-hydrogen) atoms. The Labute approximate surface area is 236 Å². The zero-order valence-electron chi connectivity index (χ0n) is 22.5. The van der Waals surface area contributed by atoms with Gasteiger partial charge in [0.1, 0.15) is 0 Å². The minimum Gasteiger partial charge on any atom is -0.480 e. The Kier molecular flexibility index (Phi) is 10.9. The zero-order chi connectivity index (χ0) is 27.9. The van der Waals surface area contributed by atoms with Gasteiger partial charge in [-0.3, -0.25) is 15.0 Å². The van der Waals surface area contributed by atoms with Crippen LogP contribution in [0.5, 0.6) is 0 Å². The lowest BCUT2D eigenvalue weighted by molar-refractivity contribution is -0.167. The van der Waals surface area contributed by atoms with Crippen molar-refractivity contribution in [3.8, 4) is 0 Å². The molecule has 1 aromatic rings. The Morgan fingerprint density at radius 1 is 0.950 bits per heavy atom. The number of piperazine rings is 1. The quantitative estimate of drug-likeness (QED) is 0.183. The lowest BCUT2D eigenvalue weighted by Crippen LogP contribution is -2.70. The van der Waals surface area contributed by atoms with Crippen molar-refractivity contribution < 1.29 is 24.3 Å². The van der Waals surface area contributed by atoms with E-state index >= 15 is 0 Å². The summed E-state index contributed by atoms with van der Waals surface area (Å²) in [5, 5.41) is 17.5. The molecule has 4 amide bonds. The van der Waals surface area contributed by atoms with Crippen LogP contribution in [0.4, 0.5) is 4.79 Å². The van der Waals surface area contributed by atoms with Crippen molar-refractivity contribution in [2.24, 2.45) is 17.6 Å². The Hall–Kier alpha value is -3.63. The summed E-state index contributed by atoms with van der Waals surface area (Å²) in [6, 6.07) is 8.50. The molecule has 0 saturated carbocycles. The van der Waals surface area contributed by atoms with Crippen molar-refractivity contribution >= 4 is 29.8 Å². The number of benzene rings is 1. The van der Waals surface area contributed by atoms with Crippen LogP contribution in [-0.2, 0) is 20.8 Å². The summed E-state index contributed by atoms with van der Waals surface area (Å²) in [7, 11) is 0. The number of carboxylic acid groups (broad SMARTS) is 1. The number of nitrogens with zero attached hydrogens (tertiary/aromatic N) is 4. The van der Waals surface area contributed by atoms with Gasteiger partial charge in [-0.05, 0) is 50.0 Å². The van der Waals surface area contributed by atoms with E-state index in [0.29, 0.717) is 39.0 Å². The fraction of sp³-hybridized carbons (Fsp3) is 0.621. The highest BCUT2D eigenvalue weighted by atomic mass is 16.4. The van der Waals surface area contributed by atoms with E-state index in [2.05, 4.69) is 12.1 Å². The molecular formula is C29H44N6O5. The van der Waals surface area contributed by atoms with E-state index in [9.17, 15) is 24.3 Å². The van der Waals surface area contributed by atoms with E-state index in [0.717, 1.165) is 43.4 Å². The predicted octanol–water partition coefficient (Wildman–Crippen LogP) is 2.60. The average Bonchev–Trinajstić information content (AvgIpc) is 2.94. The number of rotatable bonds is 9. The van der Waals surface area contributed by atoms with Gasteiger partial charge in [0.25, 0.3) is 0 Å². The minimum absolute atomic E-state index is 0. The maximum atomic E-state index is 13.1. The number of β-lactam (4-membered cyclic amide) rings is 1. The van der Waals surface area contributed by atoms with Crippen LogP contribution in [0.1, 0.15) is 57.9 Å². The van der Waals surface area contributed by atoms with Gasteiger partial charge in [-0.25, -0.2) is 14.5 Å². The van der Waals surface area contributed by atoms with Crippen molar-refractivity contribution in [2.45, 2.75) is 64.8 Å². The van der Waals surface area contributed by atoms with Crippen molar-refractivity contribution in [1.82, 2.24) is 19.6 Å². The third-order valence-corrected chi connectivity index (χ3v) is 8.22. The number of carbonyl (C=O) groups excluding carboxylic acids is 3. The topological polar surface area (TPSA) is 151 Å². The van der Waals surface area contributed by atoms with E-state index in [1.165, 1.54) is 10.5 Å². The predicted molar refractivity (Wildman–Crippen MR) is 151 cm³/mol. The number of nitrogens with one attached hydrogen (secondary N) is 1. The average molecular weight is 557 g/mol. The summed E-state index contributed by atoms with van der Waals surface area (Å²) < 4.78 is 0. The van der Waals surface area contributed by atoms with E-state index < -0.39 is 29.9 Å². The van der Waals surface area contributed by atoms with Crippen LogP contribution in [0.25, 0.3) is 0 Å². The van der Waals surface area contributed by atoms with E-state index in [4.69, 9.17) is 11.1 Å². The Morgan fingerprint density at radius 3 is 2.27 bits per heavy atom. The van der Waals surface area contributed by atoms with Crippen LogP contribution < -0.4 is 5.73 Å². The molecule has 3 saturated heterocycles. The number of imide groups is 1. The molecule has 0 aliphatic carbocycles. The molecule has 3 aliphatic heterocycles. The van der Waals surface area contributed by atoms with Crippen LogP contribution in [0.2, 0.25) is 0 Å². The van der Waals surface area contributed by atoms with Crippen molar-refractivity contribution in [1.29, 1.82) is 5.41 Å². The monoisotopic (exact) mass is 556 g/mol. The normalized spacial score (nSPS) is 22.8. The lowest BCUT2D eigenvalue weighted by atomic mass is 9.78. The molecule has 11 heteroatoms. The first-order valence-corrected chi connectivity index (χ1v) is 14.0. The number of hydrogen-bond donors (Lipinski definition) is 3. The molecule has 0 aromatic heterocycles. The van der Waals surface area contributed by atoms with Gasteiger partial charge in [-0.2, -0.15) is 0 Å². The first kappa shape index (κ1) is 30.9. The molecule has 3 heterocycles. The van der Waals surface area contributed by atoms with Crippen molar-refractivity contribution in [3.05, 3.63) is 35.9 Å². The summed E-state index contributed by atoms with van der Waals surface area (Å²) in [5.74, 6) is -2.31. The molecule has 3 aliphatic rings. The van der Waals surface area contributed by atoms with Gasteiger partial charge in [0.2, 0.25) is 11.8 Å². The largest absolute Gasteiger partial charge is 0.480 e. The molecule has 1 aromatic carbocycles. The lowest BCUT2D eigenvalue weighted by Gasteiger charge is -2.47. The smallest absolute Gasteiger partial charge is 0.327 e. The molecule has 3 fully saturated rings. The van der Waals surface area contributed by atoms with Crippen molar-refractivity contribution in [3.63, 3.8) is 0 Å². The van der Waals surface area contributed by atoms with E-state index in [1.807, 2.05) is 18.2 Å². The highest BCUT2D eigenvalue weighted by Crippen LogP contribution is 2.36. The number of carboxylic acids is 1. The minimum atomic E-state index is -1.19. The number of unbranched alkanes of at least 4 members (excludes halogenated alkanes) is 2. The first-order valence-electron chi connectivity index (χ1n) is 14.0. The maximum absolute atomic E-state index is 13.1. The fourth-order valence-electron chi connectivity index (χ4n) is 5.99. The number of hydrogen-bond acceptors (Lipinski definition) is 5. The molecule has 3 atom stereocenters. The second-order valence-corrected chi connectivity index (χ2v) is 10.9. The summed E-state index contributed by atoms with van der Waals surface area (Å²) in [4.78, 5) is 56.6. The summed E-state index contributed by atoms with van der Waals surface area (Å²) >= 11 is 0. The van der Waals surface area contributed by atoms with Crippen LogP contribution in [0.3, 0.4) is 0 Å². The number of piperidine rings is 1. The number of aryl methyl sites for hydroxylation is 1. The molecule has 11 nitrogen and oxygen atoms in total. The Morgan fingerprint density at radius 2 is 1.62 bits per heavy atom. The number of amides is 4. The van der Waals surface area contributed by atoms with E-state index in [1.54, 1.807) is 9.80 Å². The second-order valence-electron chi connectivity index (χ2n) is 10.9. The van der Waals surface area contributed by atoms with Gasteiger partial charge < -0.3 is 25.5 Å². The molecule has 0 spiro atoms. The number of guanidine groups is 1. The van der Waals surface area contributed by atoms with Gasteiger partial charge in [0.05, 0.1) is 5.92 Å². The van der Waals surface area contributed by atoms with Crippen LogP contribution >= 0.6 is 0 Å². The third kappa shape index (κ3) is 7.31. The first-order chi connectivity index (χ1) is 18.8. The van der Waals surface area contributed by atoms with Crippen LogP contribution in [-0.4, -0.2) is 99.8 Å². The summed E-state index contributed by atoms with van der Waals surface area (Å²) in [5.41, 5.74) is 6.90. The van der Waals surface area contributed by atoms with Crippen LogP contribution in [0, 0.1) is 17.2 Å². The molecule has 2 unspecified atom stereocenters. The molecule has 4 rings (SSSR count). The Bertz CT molecular complexity index is 1060. The Balaban J connectivity index is 0.00000441. The molecule has 4 N–H and O–H groups in total. The third-order valence-electron chi connectivity index (χ3n) is 8.22. The number of urea groups is 1. The zero-order valence-corrected chi connectivity index (χ0v) is 22.5. The standard InChI is InChI=1S/C28H40N6O5.CH4/c29-27(30)33-13-7-11-21(19-33)18-22-24(26(37)38)34(25(22)36)28(39)32-16-14-31(15-17-32)23(35)12-6-2-5-10-20-8-3-1-4-9-20;/h1,3-4,8-9,21-22,24H,2,5-7,10-19H2,(H3,29,30)(H,37,38);1H4/t21?,22-,24?;/m1./s1. The highest BCUT2D eigenvalue weighted by Gasteiger charge is 2.56. The fourth-order valence-corrected chi connectivity index (χ4v) is 5.99. The van der Waals surface area contributed by atoms with Crippen LogP contribution in [0.15, 0.2) is 30.3 Å². The number of likely N-dealkylation sites (tertiary alicyclic amines) is 2. The highest BCUT2D eigenvalue weighted by molar-refractivity contribution is 6.07. The SMILES string of the molecule is C.N=C(N)N1CCCC(C[C@H]2C(=O)N(C(=O)N3CCN(C(=O)CCCCCc4ccccc4)CC3)C2C(=O)O)C1. The number of carbonyl (C=O) groups is 4. The molecule has 0 radical (unpaired) electrons. The second kappa shape index (κ2) is 14.1. The van der Waals surface area contributed by atoms with Gasteiger partial charge in [0, 0.05) is 45.7 Å². The van der Waals surface area contributed by atoms with Crippen molar-refractivity contribution in [2.75, 3.05) is 39.3 Å². The summed E-state index contributed by atoms with van der Waals surface area (Å²) in [6.45, 7) is 2.50. The van der Waals surface area contributed by atoms with Gasteiger partial charge >= 0.3 is 12.0 Å². The number of nitrogens with two attached hydrogens (primary N) is 1. The maximum Gasteiger partial charge on any atom is 0.327 e. The van der Waals surface area contributed by atoms with Gasteiger partial charge in [0.15, 0.2) is 12.0 Å². The van der Waals surface area contributed by atoms with Gasteiger partial charge in [-0.15, -0.1) is 0 Å². The molecule has 220 valence electrons. The number of aliphatic carboxylic acids is 1. The summed E-state index contributed by atoms with van der Waals surface area (Å²) in [6.07, 6.45) is 6.31. The van der Waals surface area contributed by atoms with E-state index in [-0.39, 0.29) is 38.3 Å².